The summed E-state index contributed by atoms with van der Waals surface area (Å²) in [6.07, 6.45) is 1.32. The highest BCUT2D eigenvalue weighted by atomic mass is 32.2. The van der Waals surface area contributed by atoms with Gasteiger partial charge < -0.3 is 5.11 Å². The zero-order valence-corrected chi connectivity index (χ0v) is 9.12. The van der Waals surface area contributed by atoms with Crippen molar-refractivity contribution in [3.8, 4) is 0 Å². The molecule has 0 aromatic rings. The zero-order chi connectivity index (χ0) is 10.9. The molecule has 0 amide bonds. The molecule has 0 bridgehead atoms. The van der Waals surface area contributed by atoms with Gasteiger partial charge in [0.25, 0.3) is 0 Å². The van der Waals surface area contributed by atoms with Crippen LogP contribution in [0.5, 0.6) is 0 Å². The maximum Gasteiger partial charge on any atom is 0.318 e. The van der Waals surface area contributed by atoms with Crippen LogP contribution in [0.1, 0.15) is 26.7 Å². The van der Waals surface area contributed by atoms with E-state index in [0.29, 0.717) is 12.8 Å². The first kappa shape index (κ1) is 11.5. The van der Waals surface area contributed by atoms with Crippen molar-refractivity contribution in [3.05, 3.63) is 0 Å². The van der Waals surface area contributed by atoms with Crippen LogP contribution in [0, 0.1) is 0 Å². The highest BCUT2D eigenvalue weighted by Crippen LogP contribution is 2.31. The minimum Gasteiger partial charge on any atom is -0.480 e. The fraction of sp³-hybridized carbons (Fsp3) is 0.875. The standard InChI is InChI=1S/C8H15NO4S/c1-6(2)9(5-8(10)11)14(12,13)7-3-4-7/h6-7H,3-5H2,1-2H3,(H,10,11). The molecule has 14 heavy (non-hydrogen) atoms. The van der Waals surface area contributed by atoms with Gasteiger partial charge in [-0.25, -0.2) is 8.42 Å². The molecule has 5 nitrogen and oxygen atoms in total. The smallest absolute Gasteiger partial charge is 0.318 e. The Kier molecular flexibility index (Phi) is 3.16. The van der Waals surface area contributed by atoms with Gasteiger partial charge in [-0.3, -0.25) is 4.79 Å². The van der Waals surface area contributed by atoms with Crippen LogP contribution in [-0.4, -0.2) is 41.6 Å². The zero-order valence-electron chi connectivity index (χ0n) is 8.30. The summed E-state index contributed by atoms with van der Waals surface area (Å²) < 4.78 is 24.5. The Hall–Kier alpha value is -0.620. The van der Waals surface area contributed by atoms with Gasteiger partial charge in [0, 0.05) is 6.04 Å². The van der Waals surface area contributed by atoms with Gasteiger partial charge in [0.2, 0.25) is 10.0 Å². The van der Waals surface area contributed by atoms with Crippen LogP contribution in [0.4, 0.5) is 0 Å². The SMILES string of the molecule is CC(C)N(CC(=O)O)S(=O)(=O)C1CC1. The highest BCUT2D eigenvalue weighted by molar-refractivity contribution is 7.90. The summed E-state index contributed by atoms with van der Waals surface area (Å²) in [5.74, 6) is -1.11. The second-order valence-corrected chi connectivity index (χ2v) is 5.94. The summed E-state index contributed by atoms with van der Waals surface area (Å²) in [5, 5.41) is 8.25. The van der Waals surface area contributed by atoms with Crippen LogP contribution in [0.2, 0.25) is 0 Å². The second kappa shape index (κ2) is 3.86. The second-order valence-electron chi connectivity index (χ2n) is 3.78. The molecule has 0 atom stereocenters. The van der Waals surface area contributed by atoms with Crippen LogP contribution in [0.25, 0.3) is 0 Å². The van der Waals surface area contributed by atoms with E-state index in [2.05, 4.69) is 0 Å². The lowest BCUT2D eigenvalue weighted by atomic mass is 10.4. The molecule has 0 heterocycles. The van der Waals surface area contributed by atoms with Gasteiger partial charge in [-0.05, 0) is 26.7 Å². The van der Waals surface area contributed by atoms with Gasteiger partial charge in [-0.2, -0.15) is 4.31 Å². The summed E-state index contributed by atoms with van der Waals surface area (Å²) >= 11 is 0. The van der Waals surface area contributed by atoms with Crippen molar-refractivity contribution in [2.24, 2.45) is 0 Å². The molecule has 1 aliphatic carbocycles. The summed E-state index contributed by atoms with van der Waals surface area (Å²) in [6, 6.07) is -0.295. The molecule has 1 N–H and O–H groups in total. The molecule has 1 fully saturated rings. The summed E-state index contributed by atoms with van der Waals surface area (Å²) in [4.78, 5) is 10.5. The molecule has 1 aliphatic rings. The Morgan fingerprint density at radius 3 is 2.29 bits per heavy atom. The lowest BCUT2D eigenvalue weighted by molar-refractivity contribution is -0.137. The number of rotatable bonds is 5. The molecule has 1 rings (SSSR count). The first-order valence-corrected chi connectivity index (χ1v) is 6.08. The number of sulfonamides is 1. The molecule has 0 unspecified atom stereocenters. The van der Waals surface area contributed by atoms with Gasteiger partial charge in [0.1, 0.15) is 6.54 Å². The molecule has 0 saturated heterocycles. The van der Waals surface area contributed by atoms with Crippen molar-refractivity contribution in [1.29, 1.82) is 0 Å². The van der Waals surface area contributed by atoms with E-state index in [9.17, 15) is 13.2 Å². The van der Waals surface area contributed by atoms with Crippen LogP contribution in [-0.2, 0) is 14.8 Å². The summed E-state index contributed by atoms with van der Waals surface area (Å²) in [5.41, 5.74) is 0. The Balaban J connectivity index is 2.81. The Bertz CT molecular complexity index is 318. The van der Waals surface area contributed by atoms with Crippen molar-refractivity contribution >= 4 is 16.0 Å². The fourth-order valence-electron chi connectivity index (χ4n) is 1.26. The van der Waals surface area contributed by atoms with E-state index in [0.717, 1.165) is 4.31 Å². The van der Waals surface area contributed by atoms with Crippen LogP contribution in [0.15, 0.2) is 0 Å². The lowest BCUT2D eigenvalue weighted by Gasteiger charge is -2.23. The van der Waals surface area contributed by atoms with Crippen LogP contribution < -0.4 is 0 Å². The van der Waals surface area contributed by atoms with Crippen LogP contribution in [0.3, 0.4) is 0 Å². The number of carbonyl (C=O) groups is 1. The minimum atomic E-state index is -3.37. The predicted molar refractivity (Wildman–Crippen MR) is 51.4 cm³/mol. The molecule has 0 aliphatic heterocycles. The van der Waals surface area contributed by atoms with E-state index in [1.165, 1.54) is 0 Å². The molecular weight excluding hydrogens is 206 g/mol. The molecule has 0 radical (unpaired) electrons. The average molecular weight is 221 g/mol. The van der Waals surface area contributed by atoms with E-state index >= 15 is 0 Å². The number of aliphatic carboxylic acids is 1. The van der Waals surface area contributed by atoms with Gasteiger partial charge in [0.15, 0.2) is 0 Å². The van der Waals surface area contributed by atoms with Crippen molar-refractivity contribution in [1.82, 2.24) is 4.31 Å². The number of carboxylic acid groups (broad SMARTS) is 1. The van der Waals surface area contributed by atoms with Crippen molar-refractivity contribution in [2.75, 3.05) is 6.54 Å². The number of hydrogen-bond donors (Lipinski definition) is 1. The van der Waals surface area contributed by atoms with E-state index in [1.807, 2.05) is 0 Å². The molecule has 0 aromatic carbocycles. The van der Waals surface area contributed by atoms with E-state index < -0.39 is 22.5 Å². The lowest BCUT2D eigenvalue weighted by Crippen LogP contribution is -2.42. The van der Waals surface area contributed by atoms with Crippen LogP contribution >= 0.6 is 0 Å². The molecular formula is C8H15NO4S. The number of hydrogen-bond acceptors (Lipinski definition) is 3. The Morgan fingerprint density at radius 1 is 1.50 bits per heavy atom. The van der Waals surface area contributed by atoms with E-state index in [-0.39, 0.29) is 11.3 Å². The van der Waals surface area contributed by atoms with E-state index in [1.54, 1.807) is 13.8 Å². The third-order valence-corrected chi connectivity index (χ3v) is 4.66. The normalized spacial score (nSPS) is 17.7. The topological polar surface area (TPSA) is 74.7 Å². The third kappa shape index (κ3) is 2.45. The Morgan fingerprint density at radius 2 is 2.00 bits per heavy atom. The Labute approximate surface area is 83.8 Å². The average Bonchev–Trinajstić information content (AvgIpc) is 2.80. The number of carboxylic acids is 1. The molecule has 0 aromatic heterocycles. The maximum absolute atomic E-state index is 11.7. The van der Waals surface area contributed by atoms with Crippen molar-refractivity contribution < 1.29 is 18.3 Å². The van der Waals surface area contributed by atoms with Gasteiger partial charge in [-0.15, -0.1) is 0 Å². The molecule has 1 saturated carbocycles. The minimum absolute atomic E-state index is 0.295. The van der Waals surface area contributed by atoms with Gasteiger partial charge in [0.05, 0.1) is 5.25 Å². The summed E-state index contributed by atoms with van der Waals surface area (Å²) in [7, 11) is -3.37. The molecule has 6 heteroatoms. The van der Waals surface area contributed by atoms with Crippen molar-refractivity contribution in [3.63, 3.8) is 0 Å². The van der Waals surface area contributed by atoms with Gasteiger partial charge in [-0.1, -0.05) is 0 Å². The predicted octanol–water partition coefficient (Wildman–Crippen LogP) is 0.274. The quantitative estimate of drug-likeness (QED) is 0.723. The van der Waals surface area contributed by atoms with Crippen molar-refractivity contribution in [2.45, 2.75) is 38.0 Å². The molecule has 82 valence electrons. The first-order valence-electron chi connectivity index (χ1n) is 4.58. The highest BCUT2D eigenvalue weighted by Gasteiger charge is 2.41. The molecule has 0 spiro atoms. The maximum atomic E-state index is 11.7. The van der Waals surface area contributed by atoms with E-state index in [4.69, 9.17) is 5.11 Å². The van der Waals surface area contributed by atoms with Gasteiger partial charge >= 0.3 is 5.97 Å². The largest absolute Gasteiger partial charge is 0.480 e. The number of nitrogens with zero attached hydrogens (tertiary/aromatic N) is 1. The fourth-order valence-corrected chi connectivity index (χ4v) is 3.25. The summed E-state index contributed by atoms with van der Waals surface area (Å²) in [6.45, 7) is 2.93. The third-order valence-electron chi connectivity index (χ3n) is 2.14. The first-order chi connectivity index (χ1) is 6.35. The monoisotopic (exact) mass is 221 g/mol.